The summed E-state index contributed by atoms with van der Waals surface area (Å²) < 4.78 is 19.7. The second kappa shape index (κ2) is 8.28. The molecule has 1 saturated heterocycles. The van der Waals surface area contributed by atoms with E-state index >= 15 is 0 Å². The summed E-state index contributed by atoms with van der Waals surface area (Å²) in [4.78, 5) is 2.30. The molecule has 0 aromatic heterocycles. The predicted molar refractivity (Wildman–Crippen MR) is 106 cm³/mol. The number of phenols is 1. The van der Waals surface area contributed by atoms with Gasteiger partial charge in [0.25, 0.3) is 0 Å². The van der Waals surface area contributed by atoms with E-state index in [-0.39, 0.29) is 24.0 Å². The minimum absolute atomic E-state index is 0.120. The highest BCUT2D eigenvalue weighted by Crippen LogP contribution is 2.34. The lowest BCUT2D eigenvalue weighted by Gasteiger charge is -2.40. The molecule has 3 rings (SSSR count). The van der Waals surface area contributed by atoms with Gasteiger partial charge in [0.05, 0.1) is 6.04 Å². The van der Waals surface area contributed by atoms with Gasteiger partial charge in [0, 0.05) is 25.2 Å². The molecule has 0 saturated carbocycles. The van der Waals surface area contributed by atoms with Crippen LogP contribution in [0.15, 0.2) is 36.4 Å². The number of nitrogens with zero attached hydrogens (tertiary/aromatic N) is 1. The van der Waals surface area contributed by atoms with Crippen LogP contribution in [0.4, 0.5) is 4.39 Å². The van der Waals surface area contributed by atoms with Gasteiger partial charge in [-0.2, -0.15) is 0 Å². The number of phenolic OH excluding ortho intramolecular Hbond substituents is 1. The van der Waals surface area contributed by atoms with Crippen LogP contribution < -0.4 is 10.1 Å². The van der Waals surface area contributed by atoms with Gasteiger partial charge in [0.15, 0.2) is 0 Å². The molecule has 1 aliphatic rings. The second-order valence-corrected chi connectivity index (χ2v) is 7.56. The van der Waals surface area contributed by atoms with E-state index < -0.39 is 0 Å². The monoisotopic (exact) mass is 372 g/mol. The molecule has 1 aliphatic heterocycles. The van der Waals surface area contributed by atoms with Crippen molar-refractivity contribution in [3.63, 3.8) is 0 Å². The fourth-order valence-electron chi connectivity index (χ4n) is 3.64. The Kier molecular flexibility index (Phi) is 6.02. The first-order valence-electron chi connectivity index (χ1n) is 9.59. The van der Waals surface area contributed by atoms with Crippen LogP contribution in [0.2, 0.25) is 0 Å². The van der Waals surface area contributed by atoms with Crippen molar-refractivity contribution in [2.75, 3.05) is 19.6 Å². The van der Waals surface area contributed by atoms with Gasteiger partial charge in [-0.05, 0) is 55.2 Å². The summed E-state index contributed by atoms with van der Waals surface area (Å²) >= 11 is 0. The SMILES string of the molecule is Cc1cc(OC(C)N2CCNCC2c2ccc(F)cc2)c(C(C)C)cc1O. The number of rotatable bonds is 5. The van der Waals surface area contributed by atoms with Crippen molar-refractivity contribution in [2.24, 2.45) is 0 Å². The van der Waals surface area contributed by atoms with Gasteiger partial charge in [-0.25, -0.2) is 4.39 Å². The molecule has 4 nitrogen and oxygen atoms in total. The quantitative estimate of drug-likeness (QED) is 0.820. The Morgan fingerprint density at radius 3 is 2.56 bits per heavy atom. The maximum absolute atomic E-state index is 13.3. The van der Waals surface area contributed by atoms with Crippen LogP contribution in [0, 0.1) is 12.7 Å². The van der Waals surface area contributed by atoms with Crippen molar-refractivity contribution in [2.45, 2.75) is 45.9 Å². The van der Waals surface area contributed by atoms with Crippen molar-refractivity contribution in [3.05, 3.63) is 58.9 Å². The molecule has 146 valence electrons. The molecule has 0 bridgehead atoms. The molecular weight excluding hydrogens is 343 g/mol. The van der Waals surface area contributed by atoms with Crippen molar-refractivity contribution < 1.29 is 14.2 Å². The van der Waals surface area contributed by atoms with Crippen molar-refractivity contribution in [1.82, 2.24) is 10.2 Å². The fraction of sp³-hybridized carbons (Fsp3) is 0.455. The lowest BCUT2D eigenvalue weighted by atomic mass is 9.99. The van der Waals surface area contributed by atoms with Crippen LogP contribution in [0.3, 0.4) is 0 Å². The van der Waals surface area contributed by atoms with E-state index in [1.807, 2.05) is 32.0 Å². The molecule has 2 aromatic carbocycles. The summed E-state index contributed by atoms with van der Waals surface area (Å²) in [5.41, 5.74) is 2.88. The van der Waals surface area contributed by atoms with Gasteiger partial charge in [-0.15, -0.1) is 0 Å². The third-order valence-corrected chi connectivity index (χ3v) is 5.25. The Morgan fingerprint density at radius 1 is 1.19 bits per heavy atom. The molecule has 1 heterocycles. The molecule has 0 spiro atoms. The Morgan fingerprint density at radius 2 is 1.89 bits per heavy atom. The smallest absolute Gasteiger partial charge is 0.150 e. The molecule has 5 heteroatoms. The van der Waals surface area contributed by atoms with E-state index in [0.29, 0.717) is 5.75 Å². The Bertz CT molecular complexity index is 777. The highest BCUT2D eigenvalue weighted by Gasteiger charge is 2.29. The average Bonchev–Trinajstić information content (AvgIpc) is 2.65. The van der Waals surface area contributed by atoms with Crippen LogP contribution in [-0.4, -0.2) is 35.9 Å². The maximum atomic E-state index is 13.3. The van der Waals surface area contributed by atoms with Gasteiger partial charge >= 0.3 is 0 Å². The molecule has 2 N–H and O–H groups in total. The number of ether oxygens (including phenoxy) is 1. The molecule has 2 atom stereocenters. The minimum atomic E-state index is -0.223. The number of hydrogen-bond donors (Lipinski definition) is 2. The van der Waals surface area contributed by atoms with E-state index in [2.05, 4.69) is 24.1 Å². The largest absolute Gasteiger partial charge is 0.508 e. The molecule has 0 amide bonds. The summed E-state index contributed by atoms with van der Waals surface area (Å²) in [6.07, 6.45) is -0.149. The minimum Gasteiger partial charge on any atom is -0.508 e. The molecule has 27 heavy (non-hydrogen) atoms. The summed E-state index contributed by atoms with van der Waals surface area (Å²) in [6, 6.07) is 10.5. The van der Waals surface area contributed by atoms with Crippen LogP contribution in [0.1, 0.15) is 49.4 Å². The average molecular weight is 372 g/mol. The Hall–Kier alpha value is -2.11. The third-order valence-electron chi connectivity index (χ3n) is 5.25. The number of benzene rings is 2. The van der Waals surface area contributed by atoms with E-state index in [1.165, 1.54) is 12.1 Å². The first kappa shape index (κ1) is 19.6. The van der Waals surface area contributed by atoms with E-state index in [0.717, 1.165) is 42.1 Å². The van der Waals surface area contributed by atoms with Crippen LogP contribution in [0.5, 0.6) is 11.5 Å². The van der Waals surface area contributed by atoms with Crippen LogP contribution in [0.25, 0.3) is 0 Å². The Labute approximate surface area is 161 Å². The van der Waals surface area contributed by atoms with Gasteiger partial charge < -0.3 is 15.2 Å². The number of nitrogens with one attached hydrogen (secondary N) is 1. The summed E-state index contributed by atoms with van der Waals surface area (Å²) in [7, 11) is 0. The van der Waals surface area contributed by atoms with Gasteiger partial charge in [0.1, 0.15) is 23.5 Å². The zero-order valence-corrected chi connectivity index (χ0v) is 16.5. The zero-order chi connectivity index (χ0) is 19.6. The van der Waals surface area contributed by atoms with Crippen LogP contribution in [-0.2, 0) is 0 Å². The standard InChI is InChI=1S/C22H29FN2O2/c1-14(2)19-12-21(26)15(3)11-22(19)27-16(4)25-10-9-24-13-20(25)17-5-7-18(23)8-6-17/h5-8,11-12,14,16,20,24,26H,9-10,13H2,1-4H3. The summed E-state index contributed by atoms with van der Waals surface area (Å²) in [5.74, 6) is 1.13. The second-order valence-electron chi connectivity index (χ2n) is 7.56. The number of halogens is 1. The Balaban J connectivity index is 1.84. The summed E-state index contributed by atoms with van der Waals surface area (Å²) in [5, 5.41) is 13.5. The van der Waals surface area contributed by atoms with E-state index in [4.69, 9.17) is 4.74 Å². The number of hydrogen-bond acceptors (Lipinski definition) is 4. The highest BCUT2D eigenvalue weighted by atomic mass is 19.1. The summed E-state index contributed by atoms with van der Waals surface area (Å²) in [6.45, 7) is 10.6. The number of aryl methyl sites for hydroxylation is 1. The zero-order valence-electron chi connectivity index (χ0n) is 16.5. The van der Waals surface area contributed by atoms with Crippen molar-refractivity contribution >= 4 is 0 Å². The topological polar surface area (TPSA) is 44.7 Å². The molecule has 2 unspecified atom stereocenters. The van der Waals surface area contributed by atoms with Gasteiger partial charge in [0.2, 0.25) is 0 Å². The maximum Gasteiger partial charge on any atom is 0.150 e. The third kappa shape index (κ3) is 4.42. The molecule has 1 fully saturated rings. The van der Waals surface area contributed by atoms with Crippen molar-refractivity contribution in [1.29, 1.82) is 0 Å². The molecule has 2 aromatic rings. The fourth-order valence-corrected chi connectivity index (χ4v) is 3.64. The molecule has 0 aliphatic carbocycles. The highest BCUT2D eigenvalue weighted by molar-refractivity contribution is 5.46. The first-order chi connectivity index (χ1) is 12.9. The number of aromatic hydroxyl groups is 1. The molecular formula is C22H29FN2O2. The first-order valence-corrected chi connectivity index (χ1v) is 9.59. The van der Waals surface area contributed by atoms with Crippen molar-refractivity contribution in [3.8, 4) is 11.5 Å². The lowest BCUT2D eigenvalue weighted by molar-refractivity contribution is -0.00644. The lowest BCUT2D eigenvalue weighted by Crippen LogP contribution is -2.51. The molecule has 0 radical (unpaired) electrons. The van der Waals surface area contributed by atoms with E-state index in [1.54, 1.807) is 6.07 Å². The van der Waals surface area contributed by atoms with Gasteiger partial charge in [-0.3, -0.25) is 4.90 Å². The van der Waals surface area contributed by atoms with Crippen LogP contribution >= 0.6 is 0 Å². The number of piperazine rings is 1. The van der Waals surface area contributed by atoms with Gasteiger partial charge in [-0.1, -0.05) is 26.0 Å². The normalized spacial score (nSPS) is 19.3. The predicted octanol–water partition coefficient (Wildman–Crippen LogP) is 4.33. The van der Waals surface area contributed by atoms with E-state index in [9.17, 15) is 9.50 Å².